The summed E-state index contributed by atoms with van der Waals surface area (Å²) < 4.78 is 1.03. The third-order valence-electron chi connectivity index (χ3n) is 3.21. The molecule has 0 saturated heterocycles. The smallest absolute Gasteiger partial charge is 0.228 e. The van der Waals surface area contributed by atoms with Gasteiger partial charge in [-0.25, -0.2) is 0 Å². The average Bonchev–Trinajstić information content (AvgIpc) is 2.77. The first-order valence-electron chi connectivity index (χ1n) is 5.96. The van der Waals surface area contributed by atoms with Crippen molar-refractivity contribution in [2.45, 2.75) is 11.8 Å². The first-order chi connectivity index (χ1) is 9.13. The molecule has 96 valence electrons. The van der Waals surface area contributed by atoms with Crippen molar-refractivity contribution in [2.75, 3.05) is 5.32 Å². The number of halogens is 2. The molecular formula is C15H11BrClNO. The van der Waals surface area contributed by atoms with Crippen LogP contribution in [0.15, 0.2) is 46.9 Å². The molecule has 1 aliphatic heterocycles. The molecule has 1 N–H and O–H groups in total. The number of anilines is 1. The number of fused-ring (bicyclic) bond motifs is 1. The molecule has 1 heterocycles. The molecule has 2 aromatic carbocycles. The van der Waals surface area contributed by atoms with E-state index in [2.05, 4.69) is 21.2 Å². The molecule has 0 saturated carbocycles. The minimum absolute atomic E-state index is 0.0434. The molecule has 0 aromatic heterocycles. The Bertz CT molecular complexity index is 639. The topological polar surface area (TPSA) is 29.1 Å². The van der Waals surface area contributed by atoms with E-state index in [-0.39, 0.29) is 11.3 Å². The van der Waals surface area contributed by atoms with E-state index in [1.165, 1.54) is 0 Å². The number of benzene rings is 2. The van der Waals surface area contributed by atoms with Crippen molar-refractivity contribution in [1.29, 1.82) is 0 Å². The fourth-order valence-electron chi connectivity index (χ4n) is 2.23. The van der Waals surface area contributed by atoms with Crippen LogP contribution >= 0.6 is 27.5 Å². The van der Waals surface area contributed by atoms with Gasteiger partial charge in [-0.3, -0.25) is 4.79 Å². The highest BCUT2D eigenvalue weighted by molar-refractivity contribution is 9.10. The van der Waals surface area contributed by atoms with Gasteiger partial charge >= 0.3 is 0 Å². The Kier molecular flexibility index (Phi) is 3.33. The fraction of sp³-hybridized carbons (Fsp3) is 0.133. The van der Waals surface area contributed by atoms with Crippen LogP contribution < -0.4 is 5.32 Å². The minimum atomic E-state index is -0.200. The normalized spacial score (nSPS) is 14.9. The molecule has 2 aromatic rings. The summed E-state index contributed by atoms with van der Waals surface area (Å²) in [6, 6.07) is 13.8. The first-order valence-corrected chi connectivity index (χ1v) is 7.18. The van der Waals surface area contributed by atoms with E-state index < -0.39 is 0 Å². The summed E-state index contributed by atoms with van der Waals surface area (Å²) in [6.45, 7) is 0. The number of hydrogen-bond donors (Lipinski definition) is 1. The average molecular weight is 337 g/mol. The van der Waals surface area contributed by atoms with Gasteiger partial charge in [0.1, 0.15) is 0 Å². The van der Waals surface area contributed by atoms with E-state index in [1.807, 2.05) is 42.5 Å². The van der Waals surface area contributed by atoms with Gasteiger partial charge in [0.25, 0.3) is 0 Å². The van der Waals surface area contributed by atoms with Crippen LogP contribution in [0.5, 0.6) is 0 Å². The summed E-state index contributed by atoms with van der Waals surface area (Å²) in [6.07, 6.45) is 0.438. The lowest BCUT2D eigenvalue weighted by Gasteiger charge is -2.12. The number of hydrogen-bond acceptors (Lipinski definition) is 1. The predicted octanol–water partition coefficient (Wildman–Crippen LogP) is 4.27. The molecule has 0 aliphatic carbocycles. The van der Waals surface area contributed by atoms with E-state index in [4.69, 9.17) is 11.6 Å². The molecule has 4 heteroatoms. The molecule has 19 heavy (non-hydrogen) atoms. The largest absolute Gasteiger partial charge is 0.326 e. The highest BCUT2D eigenvalue weighted by Gasteiger charge is 2.19. The van der Waals surface area contributed by atoms with Gasteiger partial charge in [-0.1, -0.05) is 40.2 Å². The molecule has 0 radical (unpaired) electrons. The molecule has 1 aliphatic rings. The third kappa shape index (κ3) is 2.53. The lowest BCUT2D eigenvalue weighted by atomic mass is 10.0. The van der Waals surface area contributed by atoms with E-state index >= 15 is 0 Å². The van der Waals surface area contributed by atoms with Crippen molar-refractivity contribution >= 4 is 39.1 Å². The molecule has 3 rings (SSSR count). The summed E-state index contributed by atoms with van der Waals surface area (Å²) in [5, 5.41) is 2.62. The SMILES string of the molecule is O=C1Cc2cc(C(Cl)c3ccc(Br)cc3)ccc2N1. The van der Waals surface area contributed by atoms with Gasteiger partial charge in [0.05, 0.1) is 11.8 Å². The van der Waals surface area contributed by atoms with Gasteiger partial charge in [-0.2, -0.15) is 0 Å². The van der Waals surface area contributed by atoms with Crippen molar-refractivity contribution in [3.05, 3.63) is 63.6 Å². The Labute approximate surface area is 124 Å². The first kappa shape index (κ1) is 12.7. The van der Waals surface area contributed by atoms with Gasteiger partial charge < -0.3 is 5.32 Å². The Hall–Kier alpha value is -1.32. The third-order valence-corrected chi connectivity index (χ3v) is 4.24. The summed E-state index contributed by atoms with van der Waals surface area (Å²) >= 11 is 9.91. The Morgan fingerprint density at radius 3 is 2.53 bits per heavy atom. The molecule has 0 fully saturated rings. The lowest BCUT2D eigenvalue weighted by Crippen LogP contribution is -2.03. The second kappa shape index (κ2) is 4.99. The zero-order chi connectivity index (χ0) is 13.4. The Morgan fingerprint density at radius 2 is 1.79 bits per heavy atom. The summed E-state index contributed by atoms with van der Waals surface area (Å²) in [5.74, 6) is 0.0434. The monoisotopic (exact) mass is 335 g/mol. The van der Waals surface area contributed by atoms with Crippen LogP contribution in [-0.4, -0.2) is 5.91 Å². The molecule has 0 spiro atoms. The highest BCUT2D eigenvalue weighted by Crippen LogP contribution is 2.33. The second-order valence-electron chi connectivity index (χ2n) is 4.56. The van der Waals surface area contributed by atoms with Crippen LogP contribution in [0.1, 0.15) is 22.1 Å². The molecule has 0 bridgehead atoms. The molecule has 1 unspecified atom stereocenters. The number of carbonyl (C=O) groups excluding carboxylic acids is 1. The van der Waals surface area contributed by atoms with Gasteiger partial charge in [-0.05, 0) is 34.9 Å². The maximum absolute atomic E-state index is 11.3. The molecule has 1 amide bonds. The van der Waals surface area contributed by atoms with Crippen LogP contribution in [0.3, 0.4) is 0 Å². The number of rotatable bonds is 2. The highest BCUT2D eigenvalue weighted by atomic mass is 79.9. The summed E-state index contributed by atoms with van der Waals surface area (Å²) in [4.78, 5) is 11.3. The summed E-state index contributed by atoms with van der Waals surface area (Å²) in [7, 11) is 0. The van der Waals surface area contributed by atoms with E-state index in [0.29, 0.717) is 6.42 Å². The maximum Gasteiger partial charge on any atom is 0.228 e. The van der Waals surface area contributed by atoms with Crippen molar-refractivity contribution in [1.82, 2.24) is 0 Å². The van der Waals surface area contributed by atoms with Crippen molar-refractivity contribution < 1.29 is 4.79 Å². The van der Waals surface area contributed by atoms with Crippen molar-refractivity contribution in [3.8, 4) is 0 Å². The van der Waals surface area contributed by atoms with Gasteiger partial charge in [0.2, 0.25) is 5.91 Å². The van der Waals surface area contributed by atoms with E-state index in [0.717, 1.165) is 26.9 Å². The van der Waals surface area contributed by atoms with E-state index in [1.54, 1.807) is 0 Å². The molecule has 2 nitrogen and oxygen atoms in total. The Balaban J connectivity index is 1.92. The number of amides is 1. The van der Waals surface area contributed by atoms with Crippen LogP contribution in [0.25, 0.3) is 0 Å². The van der Waals surface area contributed by atoms with Crippen molar-refractivity contribution in [3.63, 3.8) is 0 Å². The van der Waals surface area contributed by atoms with Gasteiger partial charge in [-0.15, -0.1) is 11.6 Å². The van der Waals surface area contributed by atoms with E-state index in [9.17, 15) is 4.79 Å². The van der Waals surface area contributed by atoms with Crippen LogP contribution in [0.4, 0.5) is 5.69 Å². The summed E-state index contributed by atoms with van der Waals surface area (Å²) in [5.41, 5.74) is 3.97. The molecule has 1 atom stereocenters. The standard InChI is InChI=1S/C15H11BrClNO/c16-12-4-1-9(2-5-12)15(17)10-3-6-13-11(7-10)8-14(19)18-13/h1-7,15H,8H2,(H,18,19). The predicted molar refractivity (Wildman–Crippen MR) is 80.6 cm³/mol. The fourth-order valence-corrected chi connectivity index (χ4v) is 2.78. The number of alkyl halides is 1. The molecular weight excluding hydrogens is 326 g/mol. The Morgan fingerprint density at radius 1 is 1.11 bits per heavy atom. The van der Waals surface area contributed by atoms with Crippen molar-refractivity contribution in [2.24, 2.45) is 0 Å². The second-order valence-corrected chi connectivity index (χ2v) is 5.91. The number of carbonyl (C=O) groups is 1. The van der Waals surface area contributed by atoms with Crippen LogP contribution in [0.2, 0.25) is 0 Å². The van der Waals surface area contributed by atoms with Crippen LogP contribution in [0, 0.1) is 0 Å². The minimum Gasteiger partial charge on any atom is -0.326 e. The lowest BCUT2D eigenvalue weighted by molar-refractivity contribution is -0.115. The van der Waals surface area contributed by atoms with Gasteiger partial charge in [0.15, 0.2) is 0 Å². The zero-order valence-corrected chi connectivity index (χ0v) is 12.3. The van der Waals surface area contributed by atoms with Crippen LogP contribution in [-0.2, 0) is 11.2 Å². The van der Waals surface area contributed by atoms with Gasteiger partial charge in [0, 0.05) is 10.2 Å². The maximum atomic E-state index is 11.3. The zero-order valence-electron chi connectivity index (χ0n) is 9.99. The quantitative estimate of drug-likeness (QED) is 0.815. The number of nitrogens with one attached hydrogen (secondary N) is 1.